The van der Waals surface area contributed by atoms with E-state index in [1.54, 1.807) is 0 Å². The normalized spacial score (nSPS) is 12.6. The lowest BCUT2D eigenvalue weighted by Crippen LogP contribution is -2.29. The quantitative estimate of drug-likeness (QED) is 0.611. The molecule has 0 amide bonds. The summed E-state index contributed by atoms with van der Waals surface area (Å²) >= 11 is 0.971. The number of ether oxygens (including phenoxy) is 2. The molecule has 0 fully saturated rings. The number of carbonyl (C=O) groups is 1. The zero-order valence-corrected chi connectivity index (χ0v) is 10.9. The van der Waals surface area contributed by atoms with Crippen LogP contribution in [0.1, 0.15) is 0 Å². The third kappa shape index (κ3) is 4.17. The summed E-state index contributed by atoms with van der Waals surface area (Å²) in [7, 11) is 3.04. The van der Waals surface area contributed by atoms with Crippen LogP contribution in [-0.2, 0) is 20.8 Å². The Balaban J connectivity index is 2.76. The number of thioether (sulfide) groups is 1. The first-order valence-corrected chi connectivity index (χ1v) is 6.08. The Kier molecular flexibility index (Phi) is 5.89. The topological polar surface area (TPSA) is 106 Å². The van der Waals surface area contributed by atoms with Crippen LogP contribution < -0.4 is 5.69 Å². The second-order valence-electron chi connectivity index (χ2n) is 3.42. The maximum Gasteiger partial charge on any atom is 0.344 e. The Morgan fingerprint density at radius 1 is 1.61 bits per heavy atom. The van der Waals surface area contributed by atoms with E-state index in [0.29, 0.717) is 11.8 Å². The molecule has 0 aliphatic heterocycles. The van der Waals surface area contributed by atoms with E-state index in [1.165, 1.54) is 18.8 Å². The highest BCUT2D eigenvalue weighted by Gasteiger charge is 2.15. The number of nitrogens with zero attached hydrogens (tertiary/aromatic N) is 2. The van der Waals surface area contributed by atoms with Crippen LogP contribution in [0.25, 0.3) is 0 Å². The molecular weight excluding hydrogens is 262 g/mol. The van der Waals surface area contributed by atoms with Crippen LogP contribution in [0.15, 0.2) is 9.95 Å². The van der Waals surface area contributed by atoms with Gasteiger partial charge in [0.15, 0.2) is 5.16 Å². The molecule has 1 aromatic heterocycles. The number of carboxylic acids is 1. The van der Waals surface area contributed by atoms with E-state index in [9.17, 15) is 9.59 Å². The lowest BCUT2D eigenvalue weighted by Gasteiger charge is -2.14. The second-order valence-corrected chi connectivity index (χ2v) is 4.36. The third-order valence-corrected chi connectivity index (χ3v) is 3.08. The average Bonchev–Trinajstić information content (AvgIpc) is 2.67. The van der Waals surface area contributed by atoms with E-state index in [0.717, 1.165) is 11.8 Å². The number of H-pyrrole nitrogens is 1. The van der Waals surface area contributed by atoms with Crippen molar-refractivity contribution in [1.82, 2.24) is 14.8 Å². The van der Waals surface area contributed by atoms with Gasteiger partial charge in [-0.25, -0.2) is 9.89 Å². The van der Waals surface area contributed by atoms with Crippen molar-refractivity contribution in [3.8, 4) is 0 Å². The van der Waals surface area contributed by atoms with Crippen LogP contribution in [0.5, 0.6) is 0 Å². The second kappa shape index (κ2) is 7.19. The van der Waals surface area contributed by atoms with E-state index >= 15 is 0 Å². The fraction of sp³-hybridized carbons (Fsp3) is 0.667. The molecule has 0 spiro atoms. The number of hydrogen-bond acceptors (Lipinski definition) is 6. The molecular formula is C9H15N3O5S. The molecule has 0 saturated carbocycles. The molecule has 1 aromatic rings. The number of nitrogens with one attached hydrogen (secondary N) is 1. The van der Waals surface area contributed by atoms with E-state index in [2.05, 4.69) is 10.2 Å². The van der Waals surface area contributed by atoms with Gasteiger partial charge in [-0.3, -0.25) is 9.36 Å². The highest BCUT2D eigenvalue weighted by atomic mass is 32.2. The van der Waals surface area contributed by atoms with Gasteiger partial charge in [-0.15, -0.1) is 5.10 Å². The van der Waals surface area contributed by atoms with E-state index in [4.69, 9.17) is 14.6 Å². The summed E-state index contributed by atoms with van der Waals surface area (Å²) in [5.41, 5.74) is -0.402. The van der Waals surface area contributed by atoms with Gasteiger partial charge in [0.05, 0.1) is 25.0 Å². The highest BCUT2D eigenvalue weighted by molar-refractivity contribution is 7.99. The highest BCUT2D eigenvalue weighted by Crippen LogP contribution is 2.13. The minimum Gasteiger partial charge on any atom is -0.481 e. The summed E-state index contributed by atoms with van der Waals surface area (Å²) in [6, 6.07) is 0. The predicted molar refractivity (Wildman–Crippen MR) is 63.9 cm³/mol. The number of carboxylic acid groups (broad SMARTS) is 1. The standard InChI is InChI=1S/C9H15N3O5S/c1-16-4-6(17-2)3-12-8(15)10-11-9(12)18-5-7(13)14/h6H,3-5H2,1-2H3,(H,10,15)(H,13,14). The smallest absolute Gasteiger partial charge is 0.344 e. The van der Waals surface area contributed by atoms with Gasteiger partial charge in [0.25, 0.3) is 0 Å². The fourth-order valence-electron chi connectivity index (χ4n) is 1.29. The number of aromatic amines is 1. The summed E-state index contributed by atoms with van der Waals surface area (Å²) < 4.78 is 11.4. The molecule has 1 unspecified atom stereocenters. The van der Waals surface area contributed by atoms with Gasteiger partial charge >= 0.3 is 11.7 Å². The third-order valence-electron chi connectivity index (χ3n) is 2.12. The molecule has 1 rings (SSSR count). The van der Waals surface area contributed by atoms with Gasteiger partial charge in [-0.2, -0.15) is 0 Å². The van der Waals surface area contributed by atoms with Gasteiger partial charge in [0.2, 0.25) is 0 Å². The van der Waals surface area contributed by atoms with Gasteiger partial charge in [0, 0.05) is 14.2 Å². The molecule has 18 heavy (non-hydrogen) atoms. The van der Waals surface area contributed by atoms with Crippen LogP contribution in [0.3, 0.4) is 0 Å². The van der Waals surface area contributed by atoms with Crippen LogP contribution >= 0.6 is 11.8 Å². The largest absolute Gasteiger partial charge is 0.481 e. The van der Waals surface area contributed by atoms with Crippen LogP contribution in [0, 0.1) is 0 Å². The van der Waals surface area contributed by atoms with E-state index < -0.39 is 11.7 Å². The molecule has 1 heterocycles. The minimum absolute atomic E-state index is 0.160. The lowest BCUT2D eigenvalue weighted by atomic mass is 10.4. The number of aromatic nitrogens is 3. The first-order valence-electron chi connectivity index (χ1n) is 5.10. The Morgan fingerprint density at radius 3 is 2.89 bits per heavy atom. The monoisotopic (exact) mass is 277 g/mol. The first-order chi connectivity index (χ1) is 8.58. The molecule has 0 aliphatic carbocycles. The molecule has 0 saturated heterocycles. The first kappa shape index (κ1) is 14.7. The van der Waals surface area contributed by atoms with Crippen molar-refractivity contribution in [3.63, 3.8) is 0 Å². The lowest BCUT2D eigenvalue weighted by molar-refractivity contribution is -0.133. The van der Waals surface area contributed by atoms with Crippen molar-refractivity contribution in [1.29, 1.82) is 0 Å². The fourth-order valence-corrected chi connectivity index (χ4v) is 1.96. The molecule has 0 radical (unpaired) electrons. The van der Waals surface area contributed by atoms with Gasteiger partial charge in [-0.1, -0.05) is 11.8 Å². The molecule has 8 nitrogen and oxygen atoms in total. The van der Waals surface area contributed by atoms with Gasteiger partial charge < -0.3 is 14.6 Å². The molecule has 0 bridgehead atoms. The zero-order valence-electron chi connectivity index (χ0n) is 10.1. The predicted octanol–water partition coefficient (Wildman–Crippen LogP) is -0.590. The summed E-state index contributed by atoms with van der Waals surface area (Å²) in [6.45, 7) is 0.582. The van der Waals surface area contributed by atoms with E-state index in [-0.39, 0.29) is 18.4 Å². The molecule has 2 N–H and O–H groups in total. The maximum absolute atomic E-state index is 11.5. The Bertz CT molecular complexity index is 444. The van der Waals surface area contributed by atoms with Crippen molar-refractivity contribution in [2.45, 2.75) is 17.8 Å². The van der Waals surface area contributed by atoms with Crippen molar-refractivity contribution in [2.75, 3.05) is 26.6 Å². The van der Waals surface area contributed by atoms with Crippen LogP contribution in [0.4, 0.5) is 0 Å². The van der Waals surface area contributed by atoms with Crippen LogP contribution in [-0.4, -0.2) is 58.5 Å². The van der Waals surface area contributed by atoms with Gasteiger partial charge in [-0.05, 0) is 0 Å². The number of rotatable bonds is 8. The summed E-state index contributed by atoms with van der Waals surface area (Å²) in [5, 5.41) is 15.0. The Morgan fingerprint density at radius 2 is 2.33 bits per heavy atom. The molecule has 102 valence electrons. The summed E-state index contributed by atoms with van der Waals surface area (Å²) in [5.74, 6) is -1.13. The number of methoxy groups -OCH3 is 2. The van der Waals surface area contributed by atoms with Crippen molar-refractivity contribution >= 4 is 17.7 Å². The van der Waals surface area contributed by atoms with Gasteiger partial charge in [0.1, 0.15) is 0 Å². The summed E-state index contributed by atoms with van der Waals surface area (Å²) in [4.78, 5) is 22.0. The maximum atomic E-state index is 11.5. The SMILES string of the molecule is COCC(Cn1c(SCC(=O)O)n[nH]c1=O)OC. The number of hydrogen-bond donors (Lipinski definition) is 2. The Labute approximate surface area is 107 Å². The minimum atomic E-state index is -0.970. The zero-order chi connectivity index (χ0) is 13.5. The van der Waals surface area contributed by atoms with Crippen molar-refractivity contribution < 1.29 is 19.4 Å². The average molecular weight is 277 g/mol. The van der Waals surface area contributed by atoms with Crippen LogP contribution in [0.2, 0.25) is 0 Å². The molecule has 9 heteroatoms. The molecule has 0 aromatic carbocycles. The molecule has 1 atom stereocenters. The Hall–Kier alpha value is -1.32. The number of aliphatic carboxylic acids is 1. The summed E-state index contributed by atoms with van der Waals surface area (Å²) in [6.07, 6.45) is -0.297. The van der Waals surface area contributed by atoms with Crippen molar-refractivity contribution in [2.24, 2.45) is 0 Å². The molecule has 0 aliphatic rings. The van der Waals surface area contributed by atoms with E-state index in [1.807, 2.05) is 0 Å². The van der Waals surface area contributed by atoms with Crippen molar-refractivity contribution in [3.05, 3.63) is 10.5 Å².